The van der Waals surface area contributed by atoms with Gasteiger partial charge in [-0.2, -0.15) is 5.10 Å². The lowest BCUT2D eigenvalue weighted by atomic mass is 10.2. The average Bonchev–Trinajstić information content (AvgIpc) is 2.56. The number of hydrogen-bond donors (Lipinski definition) is 0. The third-order valence-corrected chi connectivity index (χ3v) is 3.08. The average molecular weight is 250 g/mol. The molecule has 4 heteroatoms. The van der Waals surface area contributed by atoms with Crippen molar-refractivity contribution >= 4 is 11.6 Å². The fraction of sp³-hybridized carbons (Fsp3) is 0.385. The molecule has 0 aliphatic heterocycles. The largest absolute Gasteiger partial charge is 0.259 e. The Labute approximate surface area is 106 Å². The zero-order valence-corrected chi connectivity index (χ0v) is 11.3. The number of rotatable bonds is 2. The Hall–Kier alpha value is -1.35. The highest BCUT2D eigenvalue weighted by atomic mass is 35.5. The van der Waals surface area contributed by atoms with Crippen LogP contribution in [0.15, 0.2) is 18.2 Å². The number of aryl methyl sites for hydroxylation is 2. The molecule has 3 nitrogen and oxygen atoms in total. The van der Waals surface area contributed by atoms with Crippen molar-refractivity contribution in [1.29, 1.82) is 0 Å². The van der Waals surface area contributed by atoms with Crippen molar-refractivity contribution in [3.63, 3.8) is 0 Å². The van der Waals surface area contributed by atoms with Crippen molar-refractivity contribution in [2.75, 3.05) is 0 Å². The van der Waals surface area contributed by atoms with Gasteiger partial charge >= 0.3 is 0 Å². The monoisotopic (exact) mass is 249 g/mol. The maximum atomic E-state index is 6.32. The van der Waals surface area contributed by atoms with Gasteiger partial charge in [-0.1, -0.05) is 17.7 Å². The summed E-state index contributed by atoms with van der Waals surface area (Å²) in [6.45, 7) is 8.06. The van der Waals surface area contributed by atoms with Crippen molar-refractivity contribution < 1.29 is 0 Å². The molecular weight excluding hydrogens is 234 g/mol. The van der Waals surface area contributed by atoms with Gasteiger partial charge in [-0.25, -0.2) is 0 Å². The predicted molar refractivity (Wildman–Crippen MR) is 70.3 cm³/mol. The Morgan fingerprint density at radius 2 is 1.94 bits per heavy atom. The van der Waals surface area contributed by atoms with Gasteiger partial charge in [0.25, 0.3) is 0 Å². The molecule has 2 rings (SSSR count). The molecule has 0 saturated carbocycles. The molecule has 0 radical (unpaired) electrons. The second-order valence-electron chi connectivity index (χ2n) is 4.45. The Balaban J connectivity index is 2.65. The van der Waals surface area contributed by atoms with Crippen LogP contribution in [0.5, 0.6) is 0 Å². The normalized spacial score (nSPS) is 11.2. The first-order valence-corrected chi connectivity index (χ1v) is 6.07. The van der Waals surface area contributed by atoms with Gasteiger partial charge in [0, 0.05) is 11.7 Å². The molecule has 2 aromatic heterocycles. The third-order valence-electron chi connectivity index (χ3n) is 2.63. The van der Waals surface area contributed by atoms with E-state index in [2.05, 4.69) is 23.9 Å². The molecule has 0 amide bonds. The molecule has 0 bridgehead atoms. The fourth-order valence-corrected chi connectivity index (χ4v) is 2.03. The molecule has 0 N–H and O–H groups in total. The Morgan fingerprint density at radius 3 is 2.53 bits per heavy atom. The topological polar surface area (TPSA) is 30.7 Å². The summed E-state index contributed by atoms with van der Waals surface area (Å²) in [5, 5.41) is 5.15. The molecule has 0 atom stereocenters. The second kappa shape index (κ2) is 4.49. The molecule has 0 spiro atoms. The van der Waals surface area contributed by atoms with Crippen LogP contribution >= 0.6 is 11.6 Å². The minimum Gasteiger partial charge on any atom is -0.259 e. The lowest BCUT2D eigenvalue weighted by Crippen LogP contribution is -2.05. The number of aromatic nitrogens is 3. The van der Waals surface area contributed by atoms with Crippen LogP contribution in [0.3, 0.4) is 0 Å². The lowest BCUT2D eigenvalue weighted by molar-refractivity contribution is 0.534. The molecule has 0 saturated heterocycles. The standard InChI is InChI=1S/C13H16ClN3/c1-8(2)17-13(12(14)10(4)16-17)11-7-5-6-9(3)15-11/h5-8H,1-4H3. The van der Waals surface area contributed by atoms with Crippen LogP contribution < -0.4 is 0 Å². The Morgan fingerprint density at radius 1 is 1.24 bits per heavy atom. The summed E-state index contributed by atoms with van der Waals surface area (Å²) in [6.07, 6.45) is 0. The first-order valence-electron chi connectivity index (χ1n) is 5.69. The van der Waals surface area contributed by atoms with E-state index in [1.54, 1.807) is 0 Å². The molecule has 0 aromatic carbocycles. The zero-order valence-electron chi connectivity index (χ0n) is 10.5. The van der Waals surface area contributed by atoms with E-state index in [9.17, 15) is 0 Å². The first kappa shape index (κ1) is 12.1. The quantitative estimate of drug-likeness (QED) is 0.811. The van der Waals surface area contributed by atoms with Gasteiger partial charge < -0.3 is 0 Å². The molecule has 90 valence electrons. The third kappa shape index (κ3) is 2.20. The SMILES string of the molecule is Cc1cccc(-c2c(Cl)c(C)nn2C(C)C)n1. The smallest absolute Gasteiger partial charge is 0.106 e. The van der Waals surface area contributed by atoms with Gasteiger partial charge in [-0.05, 0) is 39.8 Å². The Kier molecular flexibility index (Phi) is 3.20. The van der Waals surface area contributed by atoms with Crippen molar-refractivity contribution in [3.8, 4) is 11.4 Å². The minimum atomic E-state index is 0.263. The van der Waals surface area contributed by atoms with Gasteiger partial charge in [-0.15, -0.1) is 0 Å². The van der Waals surface area contributed by atoms with E-state index in [1.165, 1.54) is 0 Å². The summed E-state index contributed by atoms with van der Waals surface area (Å²) in [4.78, 5) is 4.52. The van der Waals surface area contributed by atoms with E-state index in [1.807, 2.05) is 36.7 Å². The number of hydrogen-bond acceptors (Lipinski definition) is 2. The summed E-state index contributed by atoms with van der Waals surface area (Å²) in [6, 6.07) is 6.19. The molecular formula is C13H16ClN3. The molecule has 0 fully saturated rings. The van der Waals surface area contributed by atoms with E-state index in [-0.39, 0.29) is 6.04 Å². The highest BCUT2D eigenvalue weighted by molar-refractivity contribution is 6.33. The van der Waals surface area contributed by atoms with E-state index in [0.717, 1.165) is 22.8 Å². The predicted octanol–water partition coefficient (Wildman–Crippen LogP) is 3.80. The van der Waals surface area contributed by atoms with Crippen molar-refractivity contribution in [2.45, 2.75) is 33.7 Å². The van der Waals surface area contributed by atoms with E-state index in [4.69, 9.17) is 11.6 Å². The van der Waals surface area contributed by atoms with Crippen LogP contribution in [-0.2, 0) is 0 Å². The molecule has 0 aliphatic rings. The van der Waals surface area contributed by atoms with Crippen molar-refractivity contribution in [1.82, 2.24) is 14.8 Å². The molecule has 0 unspecified atom stereocenters. The molecule has 2 aromatic rings. The van der Waals surface area contributed by atoms with Crippen LogP contribution in [0.4, 0.5) is 0 Å². The molecule has 17 heavy (non-hydrogen) atoms. The molecule has 0 aliphatic carbocycles. The van der Waals surface area contributed by atoms with Gasteiger partial charge in [-0.3, -0.25) is 9.67 Å². The van der Waals surface area contributed by atoms with Crippen LogP contribution in [0, 0.1) is 13.8 Å². The lowest BCUT2D eigenvalue weighted by Gasteiger charge is -2.11. The number of pyridine rings is 1. The Bertz CT molecular complexity index is 544. The highest BCUT2D eigenvalue weighted by Crippen LogP contribution is 2.31. The summed E-state index contributed by atoms with van der Waals surface area (Å²) in [5.74, 6) is 0. The summed E-state index contributed by atoms with van der Waals surface area (Å²) in [7, 11) is 0. The van der Waals surface area contributed by atoms with Gasteiger partial charge in [0.2, 0.25) is 0 Å². The van der Waals surface area contributed by atoms with Gasteiger partial charge in [0.05, 0.1) is 16.4 Å². The van der Waals surface area contributed by atoms with E-state index < -0.39 is 0 Å². The van der Waals surface area contributed by atoms with Crippen molar-refractivity contribution in [2.24, 2.45) is 0 Å². The van der Waals surface area contributed by atoms with Crippen molar-refractivity contribution in [3.05, 3.63) is 34.6 Å². The summed E-state index contributed by atoms with van der Waals surface area (Å²) in [5.41, 5.74) is 3.61. The highest BCUT2D eigenvalue weighted by Gasteiger charge is 2.17. The molecule has 2 heterocycles. The van der Waals surface area contributed by atoms with Crippen LogP contribution in [-0.4, -0.2) is 14.8 Å². The van der Waals surface area contributed by atoms with Crippen LogP contribution in [0.25, 0.3) is 11.4 Å². The number of halogens is 1. The first-order chi connectivity index (χ1) is 8.00. The number of nitrogens with zero attached hydrogens (tertiary/aromatic N) is 3. The van der Waals surface area contributed by atoms with Gasteiger partial charge in [0.1, 0.15) is 5.69 Å². The summed E-state index contributed by atoms with van der Waals surface area (Å²) < 4.78 is 1.93. The van der Waals surface area contributed by atoms with E-state index in [0.29, 0.717) is 5.02 Å². The fourth-order valence-electron chi connectivity index (χ4n) is 1.81. The van der Waals surface area contributed by atoms with Crippen LogP contribution in [0.2, 0.25) is 5.02 Å². The van der Waals surface area contributed by atoms with E-state index >= 15 is 0 Å². The summed E-state index contributed by atoms with van der Waals surface area (Å²) >= 11 is 6.32. The maximum Gasteiger partial charge on any atom is 0.106 e. The van der Waals surface area contributed by atoms with Crippen LogP contribution in [0.1, 0.15) is 31.3 Å². The zero-order chi connectivity index (χ0) is 12.6. The second-order valence-corrected chi connectivity index (χ2v) is 4.83. The maximum absolute atomic E-state index is 6.32. The minimum absolute atomic E-state index is 0.263. The van der Waals surface area contributed by atoms with Gasteiger partial charge in [0.15, 0.2) is 0 Å².